The van der Waals surface area contributed by atoms with Crippen LogP contribution in [0.25, 0.3) is 0 Å². The summed E-state index contributed by atoms with van der Waals surface area (Å²) in [5.41, 5.74) is -0.834. The summed E-state index contributed by atoms with van der Waals surface area (Å²) in [6.07, 6.45) is 1.93. The van der Waals surface area contributed by atoms with Crippen LogP contribution in [0.15, 0.2) is 35.3 Å². The van der Waals surface area contributed by atoms with Gasteiger partial charge in [-0.25, -0.2) is 14.6 Å². The topological polar surface area (TPSA) is 142 Å². The number of carbonyl (C=O) groups is 3. The number of benzene rings is 1. The fourth-order valence-electron chi connectivity index (χ4n) is 6.52. The molecule has 2 amide bonds. The lowest BCUT2D eigenvalue weighted by Crippen LogP contribution is -2.58. The van der Waals surface area contributed by atoms with E-state index in [1.165, 1.54) is 29.2 Å². The van der Waals surface area contributed by atoms with Gasteiger partial charge in [0.2, 0.25) is 11.8 Å². The predicted molar refractivity (Wildman–Crippen MR) is 174 cm³/mol. The van der Waals surface area contributed by atoms with Gasteiger partial charge in [0, 0.05) is 5.92 Å². The molecular weight excluding hydrogens is 624 g/mol. The first-order chi connectivity index (χ1) is 22.4. The number of anilines is 1. The first-order valence-corrected chi connectivity index (χ1v) is 16.5. The molecule has 11 nitrogen and oxygen atoms in total. The van der Waals surface area contributed by atoms with Crippen LogP contribution in [0.1, 0.15) is 79.7 Å². The number of hydrogen-bond donors (Lipinski definition) is 2. The summed E-state index contributed by atoms with van der Waals surface area (Å²) >= 11 is 0. The average Bonchev–Trinajstić information content (AvgIpc) is 3.61. The van der Waals surface area contributed by atoms with E-state index in [0.29, 0.717) is 31.4 Å². The molecule has 3 aliphatic heterocycles. The Balaban J connectivity index is 1.60. The van der Waals surface area contributed by atoms with Crippen LogP contribution in [0.4, 0.5) is 25.0 Å². The number of esters is 1. The predicted octanol–water partition coefficient (Wildman–Crippen LogP) is 5.86. The largest absolute Gasteiger partial charge is 0.473 e. The number of amides is 2. The molecule has 2 fully saturated rings. The minimum absolute atomic E-state index is 0.00682. The number of nitriles is 1. The second kappa shape index (κ2) is 13.0. The van der Waals surface area contributed by atoms with Crippen LogP contribution in [0.5, 0.6) is 0 Å². The Labute approximate surface area is 280 Å². The van der Waals surface area contributed by atoms with Crippen molar-refractivity contribution >= 4 is 35.2 Å². The van der Waals surface area contributed by atoms with Crippen LogP contribution in [0, 0.1) is 28.6 Å². The van der Waals surface area contributed by atoms with E-state index in [-0.39, 0.29) is 35.7 Å². The maximum atomic E-state index is 16.0. The SMILES string of the molecule is CCC1C2CN(C(=O)C(C(C)(C)C)NC(=O)OC3CC3CCC=CC(F)(F)C3Nc4ccc(C#N)cc4N=C3O2)C1C(=O)OC(C)(C)C. The number of nitrogens with one attached hydrogen (secondary N) is 2. The van der Waals surface area contributed by atoms with Crippen LogP contribution in [-0.2, 0) is 23.8 Å². The molecule has 4 aliphatic rings. The molecule has 2 N–H and O–H groups in total. The highest BCUT2D eigenvalue weighted by Gasteiger charge is 2.54. The minimum atomic E-state index is -3.47. The van der Waals surface area contributed by atoms with Gasteiger partial charge in [0.15, 0.2) is 6.04 Å². The van der Waals surface area contributed by atoms with E-state index in [1.807, 2.05) is 13.0 Å². The van der Waals surface area contributed by atoms with Crippen LogP contribution in [0.2, 0.25) is 0 Å². The minimum Gasteiger partial charge on any atom is -0.473 e. The number of ether oxygens (including phenoxy) is 3. The van der Waals surface area contributed by atoms with E-state index in [1.54, 1.807) is 41.5 Å². The maximum absolute atomic E-state index is 16.0. The van der Waals surface area contributed by atoms with Gasteiger partial charge in [-0.05, 0) is 82.1 Å². The Morgan fingerprint density at radius 2 is 1.88 bits per heavy atom. The van der Waals surface area contributed by atoms with E-state index in [2.05, 4.69) is 15.6 Å². The van der Waals surface area contributed by atoms with Crippen LogP contribution < -0.4 is 10.6 Å². The Bertz CT molecular complexity index is 1540. The van der Waals surface area contributed by atoms with Crippen LogP contribution >= 0.6 is 0 Å². The Hall–Kier alpha value is -4.21. The number of nitrogens with zero attached hydrogens (tertiary/aromatic N) is 3. The average molecular weight is 670 g/mol. The highest BCUT2D eigenvalue weighted by molar-refractivity contribution is 5.95. The molecule has 2 bridgehead atoms. The lowest BCUT2D eigenvalue weighted by molar-refractivity contribution is -0.165. The lowest BCUT2D eigenvalue weighted by atomic mass is 9.85. The monoisotopic (exact) mass is 669 g/mol. The number of alkyl halides is 2. The first-order valence-electron chi connectivity index (χ1n) is 16.5. The number of carbonyl (C=O) groups excluding carboxylic acids is 3. The maximum Gasteiger partial charge on any atom is 0.408 e. The van der Waals surface area contributed by atoms with E-state index in [0.717, 1.165) is 6.08 Å². The van der Waals surface area contributed by atoms with Gasteiger partial charge in [-0.3, -0.25) is 4.79 Å². The molecule has 7 atom stereocenters. The van der Waals surface area contributed by atoms with Crippen LogP contribution in [0.3, 0.4) is 0 Å². The third-order valence-electron chi connectivity index (χ3n) is 9.10. The number of rotatable bonds is 2. The number of aliphatic imine (C=N–C) groups is 1. The molecule has 5 rings (SSSR count). The Morgan fingerprint density at radius 3 is 2.52 bits per heavy atom. The summed E-state index contributed by atoms with van der Waals surface area (Å²) in [6, 6.07) is 2.60. The third-order valence-corrected chi connectivity index (χ3v) is 9.10. The van der Waals surface area contributed by atoms with Gasteiger partial charge in [0.05, 0.1) is 29.6 Å². The van der Waals surface area contributed by atoms with Crippen LogP contribution in [-0.4, -0.2) is 77.2 Å². The van der Waals surface area contributed by atoms with Crippen molar-refractivity contribution in [3.8, 4) is 6.07 Å². The summed E-state index contributed by atoms with van der Waals surface area (Å²) in [7, 11) is 0. The molecule has 1 saturated heterocycles. The highest BCUT2D eigenvalue weighted by atomic mass is 19.3. The fourth-order valence-corrected chi connectivity index (χ4v) is 6.52. The van der Waals surface area contributed by atoms with E-state index in [9.17, 15) is 19.6 Å². The molecule has 0 aromatic heterocycles. The second-order valence-corrected chi connectivity index (χ2v) is 15.1. The normalized spacial score (nSPS) is 30.3. The van der Waals surface area contributed by atoms with Gasteiger partial charge in [0.1, 0.15) is 29.9 Å². The summed E-state index contributed by atoms with van der Waals surface area (Å²) in [5.74, 6) is -5.69. The zero-order valence-corrected chi connectivity index (χ0v) is 28.5. The lowest BCUT2D eigenvalue weighted by Gasteiger charge is -2.36. The summed E-state index contributed by atoms with van der Waals surface area (Å²) < 4.78 is 49.8. The van der Waals surface area contributed by atoms with Gasteiger partial charge in [0.25, 0.3) is 5.92 Å². The van der Waals surface area contributed by atoms with Crippen molar-refractivity contribution < 1.29 is 37.4 Å². The zero-order valence-electron chi connectivity index (χ0n) is 28.5. The number of alkyl carbamates (subject to hydrolysis) is 1. The molecule has 260 valence electrons. The number of halogens is 2. The molecule has 0 spiro atoms. The van der Waals surface area contributed by atoms with Crippen molar-refractivity contribution in [2.75, 3.05) is 11.9 Å². The summed E-state index contributed by atoms with van der Waals surface area (Å²) in [4.78, 5) is 47.1. The number of hydrogen-bond acceptors (Lipinski definition) is 9. The van der Waals surface area contributed by atoms with E-state index < -0.39 is 65.1 Å². The molecular formula is C35H45F2N5O6. The van der Waals surface area contributed by atoms with Gasteiger partial charge in [-0.1, -0.05) is 33.8 Å². The molecule has 7 unspecified atom stereocenters. The Morgan fingerprint density at radius 1 is 1.15 bits per heavy atom. The molecule has 0 radical (unpaired) electrons. The fraction of sp³-hybridized carbons (Fsp3) is 0.629. The van der Waals surface area contributed by atoms with Crippen molar-refractivity contribution in [1.29, 1.82) is 5.26 Å². The van der Waals surface area contributed by atoms with Crippen molar-refractivity contribution in [2.45, 2.75) is 116 Å². The second-order valence-electron chi connectivity index (χ2n) is 15.1. The quantitative estimate of drug-likeness (QED) is 0.295. The number of allylic oxidation sites excluding steroid dienone is 1. The summed E-state index contributed by atoms with van der Waals surface area (Å²) in [5, 5.41) is 15.1. The molecule has 48 heavy (non-hydrogen) atoms. The molecule has 3 heterocycles. The van der Waals surface area contributed by atoms with Crippen molar-refractivity contribution in [1.82, 2.24) is 10.2 Å². The summed E-state index contributed by atoms with van der Waals surface area (Å²) in [6.45, 7) is 12.2. The standard InChI is InChI=1S/C35H45F2N5O6/c1-8-21-25-18-42(26(21)31(44)48-34(5,6)7)30(43)28(33(2,3)4)41-32(45)47-24-16-20(24)11-9-10-14-35(36,37)27-29(46-25)40-23-15-19(17-38)12-13-22(23)39-27/h10,12-15,20-21,24-28,39H,8-9,11,16,18H2,1-7H3,(H,41,45). The third kappa shape index (κ3) is 7.58. The first kappa shape index (κ1) is 35.1. The Kier molecular flexibility index (Phi) is 9.51. The molecule has 1 saturated carbocycles. The van der Waals surface area contributed by atoms with Gasteiger partial charge in [-0.2, -0.15) is 14.0 Å². The van der Waals surface area contributed by atoms with Crippen molar-refractivity contribution in [3.63, 3.8) is 0 Å². The van der Waals surface area contributed by atoms with Crippen molar-refractivity contribution in [2.24, 2.45) is 22.2 Å². The van der Waals surface area contributed by atoms with Gasteiger partial charge >= 0.3 is 12.1 Å². The van der Waals surface area contributed by atoms with E-state index >= 15 is 8.78 Å². The molecule has 1 aromatic carbocycles. The molecule has 13 heteroatoms. The smallest absolute Gasteiger partial charge is 0.408 e. The highest BCUT2D eigenvalue weighted by Crippen LogP contribution is 2.41. The van der Waals surface area contributed by atoms with Gasteiger partial charge < -0.3 is 29.7 Å². The molecule has 1 aromatic rings. The van der Waals surface area contributed by atoms with Gasteiger partial charge in [-0.15, -0.1) is 0 Å². The zero-order chi connectivity index (χ0) is 35.2. The number of fused-ring (bicyclic) bond motifs is 5. The van der Waals surface area contributed by atoms with Crippen molar-refractivity contribution in [3.05, 3.63) is 35.9 Å². The molecule has 1 aliphatic carbocycles. The van der Waals surface area contributed by atoms with E-state index in [4.69, 9.17) is 14.2 Å².